The lowest BCUT2D eigenvalue weighted by Gasteiger charge is -2.16. The van der Waals surface area contributed by atoms with Crippen molar-refractivity contribution in [1.29, 1.82) is 0 Å². The normalized spacial score (nSPS) is 13.0. The van der Waals surface area contributed by atoms with Crippen molar-refractivity contribution in [2.45, 2.75) is 11.3 Å². The van der Waals surface area contributed by atoms with Gasteiger partial charge in [-0.15, -0.1) is 11.8 Å². The van der Waals surface area contributed by atoms with E-state index in [4.69, 9.17) is 9.47 Å². The minimum absolute atomic E-state index is 0.116. The molecule has 0 spiro atoms. The van der Waals surface area contributed by atoms with Crippen LogP contribution in [-0.2, 0) is 0 Å². The third-order valence-corrected chi connectivity index (χ3v) is 4.50. The molecule has 3 rings (SSSR count). The number of rotatable bonds is 4. The highest BCUT2D eigenvalue weighted by Crippen LogP contribution is 2.35. The van der Waals surface area contributed by atoms with Gasteiger partial charge in [-0.1, -0.05) is 12.1 Å². The Kier molecular flexibility index (Phi) is 5.14. The molecule has 2 aromatic carbocycles. The Morgan fingerprint density at radius 2 is 1.76 bits per heavy atom. The molecule has 2 aromatic rings. The van der Waals surface area contributed by atoms with Gasteiger partial charge in [-0.2, -0.15) is 0 Å². The van der Waals surface area contributed by atoms with Crippen LogP contribution in [-0.4, -0.2) is 31.3 Å². The fourth-order valence-corrected chi connectivity index (χ4v) is 3.10. The van der Waals surface area contributed by atoms with E-state index in [9.17, 15) is 14.7 Å². The summed E-state index contributed by atoms with van der Waals surface area (Å²) < 4.78 is 11.1. The summed E-state index contributed by atoms with van der Waals surface area (Å²) in [6, 6.07) is 9.89. The number of nitrogens with one attached hydrogen (secondary N) is 1. The number of carboxylic acid groups (broad SMARTS) is 1. The Bertz CT molecular complexity index is 821. The lowest BCUT2D eigenvalue weighted by molar-refractivity contribution is -0.254. The summed E-state index contributed by atoms with van der Waals surface area (Å²) in [6.07, 6.45) is 2.56. The van der Waals surface area contributed by atoms with Gasteiger partial charge < -0.3 is 24.7 Å². The van der Waals surface area contributed by atoms with Crippen LogP contribution in [0.5, 0.6) is 11.5 Å². The molecule has 1 aliphatic rings. The molecule has 0 atom stereocenters. The SMILES string of the molecule is CSc1ccccc1C(=O)Nc1cc2c(cc1C(=O)[O-])OCCCO2. The largest absolute Gasteiger partial charge is 0.545 e. The second kappa shape index (κ2) is 7.48. The average molecular weight is 358 g/mol. The molecule has 0 bridgehead atoms. The van der Waals surface area contributed by atoms with Crippen molar-refractivity contribution in [1.82, 2.24) is 0 Å². The van der Waals surface area contributed by atoms with E-state index in [2.05, 4.69) is 5.32 Å². The second-order valence-corrected chi connectivity index (χ2v) is 6.18. The molecule has 1 N–H and O–H groups in total. The number of benzene rings is 2. The molecule has 1 amide bonds. The standard InChI is InChI=1S/C18H17NO5S/c1-25-16-6-3-2-5-11(16)17(20)19-13-10-15-14(9-12(13)18(21)22)23-7-4-8-24-15/h2-3,5-6,9-10H,4,7-8H2,1H3,(H,19,20)(H,21,22)/p-1. The molecule has 25 heavy (non-hydrogen) atoms. The minimum Gasteiger partial charge on any atom is -0.545 e. The Morgan fingerprint density at radius 1 is 1.08 bits per heavy atom. The Morgan fingerprint density at radius 3 is 2.44 bits per heavy atom. The topological polar surface area (TPSA) is 87.7 Å². The van der Waals surface area contributed by atoms with Gasteiger partial charge in [-0.25, -0.2) is 0 Å². The molecule has 130 valence electrons. The minimum atomic E-state index is -1.40. The lowest BCUT2D eigenvalue weighted by atomic mass is 10.1. The Labute approximate surface area is 149 Å². The van der Waals surface area contributed by atoms with Crippen LogP contribution < -0.4 is 19.9 Å². The van der Waals surface area contributed by atoms with Crippen LogP contribution in [0.25, 0.3) is 0 Å². The van der Waals surface area contributed by atoms with Gasteiger partial charge >= 0.3 is 0 Å². The first-order valence-electron chi connectivity index (χ1n) is 7.69. The number of ether oxygens (including phenoxy) is 2. The van der Waals surface area contributed by atoms with Crippen LogP contribution in [0.4, 0.5) is 5.69 Å². The van der Waals surface area contributed by atoms with E-state index in [1.165, 1.54) is 23.9 Å². The zero-order valence-corrected chi connectivity index (χ0v) is 14.4. The van der Waals surface area contributed by atoms with Crippen LogP contribution >= 0.6 is 11.8 Å². The highest BCUT2D eigenvalue weighted by atomic mass is 32.2. The van der Waals surface area contributed by atoms with Crippen molar-refractivity contribution in [3.05, 3.63) is 47.5 Å². The Hall–Kier alpha value is -2.67. The van der Waals surface area contributed by atoms with Gasteiger partial charge in [-0.05, 0) is 24.5 Å². The van der Waals surface area contributed by atoms with E-state index in [0.29, 0.717) is 36.7 Å². The molecule has 7 heteroatoms. The van der Waals surface area contributed by atoms with Crippen molar-refractivity contribution >= 4 is 29.3 Å². The predicted octanol–water partition coefficient (Wildman–Crippen LogP) is 2.19. The van der Waals surface area contributed by atoms with Gasteiger partial charge in [0.05, 0.1) is 30.4 Å². The van der Waals surface area contributed by atoms with Crippen LogP contribution in [0.15, 0.2) is 41.3 Å². The number of carbonyl (C=O) groups is 2. The first kappa shape index (κ1) is 17.2. The summed E-state index contributed by atoms with van der Waals surface area (Å²) in [5.41, 5.74) is 0.427. The maximum absolute atomic E-state index is 12.6. The van der Waals surface area contributed by atoms with Crippen molar-refractivity contribution in [2.75, 3.05) is 24.8 Å². The molecular weight excluding hydrogens is 342 g/mol. The number of hydrogen-bond acceptors (Lipinski definition) is 6. The molecule has 1 heterocycles. The predicted molar refractivity (Wildman–Crippen MR) is 92.6 cm³/mol. The van der Waals surface area contributed by atoms with Crippen molar-refractivity contribution in [2.24, 2.45) is 0 Å². The fourth-order valence-electron chi connectivity index (χ4n) is 2.50. The van der Waals surface area contributed by atoms with E-state index < -0.39 is 11.9 Å². The summed E-state index contributed by atoms with van der Waals surface area (Å²) in [4.78, 5) is 24.9. The van der Waals surface area contributed by atoms with Crippen LogP contribution in [0.2, 0.25) is 0 Å². The van der Waals surface area contributed by atoms with Crippen molar-refractivity contribution in [3.63, 3.8) is 0 Å². The van der Waals surface area contributed by atoms with Crippen molar-refractivity contribution < 1.29 is 24.2 Å². The third kappa shape index (κ3) is 3.71. The summed E-state index contributed by atoms with van der Waals surface area (Å²) >= 11 is 1.44. The highest BCUT2D eigenvalue weighted by Gasteiger charge is 2.18. The van der Waals surface area contributed by atoms with Gasteiger partial charge in [-0.3, -0.25) is 4.79 Å². The monoisotopic (exact) mass is 358 g/mol. The molecule has 0 aliphatic carbocycles. The zero-order valence-electron chi connectivity index (χ0n) is 13.5. The van der Waals surface area contributed by atoms with Gasteiger partial charge in [0.25, 0.3) is 5.91 Å². The van der Waals surface area contributed by atoms with Crippen molar-refractivity contribution in [3.8, 4) is 11.5 Å². The molecule has 0 aromatic heterocycles. The van der Waals surface area contributed by atoms with Gasteiger partial charge in [0.1, 0.15) is 0 Å². The number of fused-ring (bicyclic) bond motifs is 1. The summed E-state index contributed by atoms with van der Waals surface area (Å²) in [5, 5.41) is 14.1. The first-order valence-corrected chi connectivity index (χ1v) is 8.92. The number of amides is 1. The number of anilines is 1. The molecule has 0 saturated carbocycles. The van der Waals surface area contributed by atoms with Gasteiger partial charge in [0, 0.05) is 22.9 Å². The maximum atomic E-state index is 12.6. The smallest absolute Gasteiger partial charge is 0.256 e. The first-order chi connectivity index (χ1) is 12.1. The molecule has 6 nitrogen and oxygen atoms in total. The fraction of sp³-hybridized carbons (Fsp3) is 0.222. The maximum Gasteiger partial charge on any atom is 0.256 e. The number of hydrogen-bond donors (Lipinski definition) is 1. The summed E-state index contributed by atoms with van der Waals surface area (Å²) in [6.45, 7) is 0.895. The van der Waals surface area contributed by atoms with E-state index in [0.717, 1.165) is 4.90 Å². The molecule has 0 saturated heterocycles. The number of thioether (sulfide) groups is 1. The quantitative estimate of drug-likeness (QED) is 0.843. The van der Waals surface area contributed by atoms with E-state index >= 15 is 0 Å². The molecular formula is C18H16NO5S-. The van der Waals surface area contributed by atoms with Gasteiger partial charge in [0.2, 0.25) is 0 Å². The molecule has 1 aliphatic heterocycles. The number of carboxylic acids is 1. The van der Waals surface area contributed by atoms with Crippen LogP contribution in [0, 0.1) is 0 Å². The summed E-state index contributed by atoms with van der Waals surface area (Å²) in [7, 11) is 0. The van der Waals surface area contributed by atoms with E-state index in [-0.39, 0.29) is 11.3 Å². The van der Waals surface area contributed by atoms with Crippen LogP contribution in [0.1, 0.15) is 27.1 Å². The molecule has 0 radical (unpaired) electrons. The van der Waals surface area contributed by atoms with Crippen LogP contribution in [0.3, 0.4) is 0 Å². The molecule has 0 fully saturated rings. The summed E-state index contributed by atoms with van der Waals surface area (Å²) in [5.74, 6) is -1.07. The highest BCUT2D eigenvalue weighted by molar-refractivity contribution is 7.98. The Balaban J connectivity index is 1.97. The third-order valence-electron chi connectivity index (χ3n) is 3.71. The molecule has 0 unspecified atom stereocenters. The average Bonchev–Trinajstić information content (AvgIpc) is 2.85. The zero-order chi connectivity index (χ0) is 17.8. The number of aromatic carboxylic acids is 1. The number of carbonyl (C=O) groups excluding carboxylic acids is 2. The second-order valence-electron chi connectivity index (χ2n) is 5.34. The van der Waals surface area contributed by atoms with E-state index in [1.54, 1.807) is 12.1 Å². The van der Waals surface area contributed by atoms with Gasteiger partial charge in [0.15, 0.2) is 11.5 Å². The lowest BCUT2D eigenvalue weighted by Crippen LogP contribution is -2.25. The van der Waals surface area contributed by atoms with E-state index in [1.807, 2.05) is 18.4 Å².